The van der Waals surface area contributed by atoms with Crippen molar-refractivity contribution in [2.24, 2.45) is 0 Å². The molecular weight excluding hydrogens is 351 g/mol. The molecule has 0 bridgehead atoms. The van der Waals surface area contributed by atoms with E-state index in [-0.39, 0.29) is 17.9 Å². The summed E-state index contributed by atoms with van der Waals surface area (Å²) in [5.74, 6) is -2.38. The first-order valence-electron chi connectivity index (χ1n) is 7.08. The number of carboxylic acid groups (broad SMARTS) is 1. The van der Waals surface area contributed by atoms with Gasteiger partial charge in [-0.25, -0.2) is 17.9 Å². The summed E-state index contributed by atoms with van der Waals surface area (Å²) >= 11 is 0. The van der Waals surface area contributed by atoms with E-state index in [9.17, 15) is 23.1 Å². The smallest absolute Gasteiger partial charge is 0.347 e. The molecule has 0 saturated carbocycles. The van der Waals surface area contributed by atoms with E-state index >= 15 is 0 Å². The lowest BCUT2D eigenvalue weighted by Crippen LogP contribution is -2.46. The highest BCUT2D eigenvalue weighted by Gasteiger charge is 2.30. The number of aliphatic carboxylic acids is 1. The van der Waals surface area contributed by atoms with Crippen molar-refractivity contribution < 1.29 is 33.0 Å². The van der Waals surface area contributed by atoms with Crippen molar-refractivity contribution in [1.29, 1.82) is 0 Å². The summed E-state index contributed by atoms with van der Waals surface area (Å²) in [6.07, 6.45) is 0.804. The lowest BCUT2D eigenvalue weighted by atomic mass is 10.0. The SMILES string of the molecule is [B]NC(=O)[C@H](Cc1ccc(OC(C)(C)C(=O)O)c(O)c1)NS(C)(=O)=O. The maximum Gasteiger partial charge on any atom is 0.347 e. The molecule has 0 aliphatic rings. The van der Waals surface area contributed by atoms with E-state index in [1.807, 2.05) is 5.23 Å². The predicted molar refractivity (Wildman–Crippen MR) is 89.8 cm³/mol. The monoisotopic (exact) mass is 370 g/mol. The number of benzene rings is 1. The summed E-state index contributed by atoms with van der Waals surface area (Å²) < 4.78 is 30.0. The number of hydrogen-bond donors (Lipinski definition) is 4. The number of carbonyl (C=O) groups is 2. The predicted octanol–water partition coefficient (Wildman–Crippen LogP) is -0.706. The number of aromatic hydroxyl groups is 1. The van der Waals surface area contributed by atoms with Gasteiger partial charge in [-0.15, -0.1) is 0 Å². The molecule has 11 heteroatoms. The van der Waals surface area contributed by atoms with Crippen LogP contribution in [0.25, 0.3) is 0 Å². The third kappa shape index (κ3) is 6.27. The van der Waals surface area contributed by atoms with E-state index < -0.39 is 33.5 Å². The van der Waals surface area contributed by atoms with Crippen molar-refractivity contribution in [3.63, 3.8) is 0 Å². The molecule has 25 heavy (non-hydrogen) atoms. The van der Waals surface area contributed by atoms with Crippen LogP contribution in [-0.2, 0) is 26.0 Å². The van der Waals surface area contributed by atoms with Crippen LogP contribution in [0, 0.1) is 0 Å². The van der Waals surface area contributed by atoms with Crippen LogP contribution in [0.4, 0.5) is 0 Å². The summed E-state index contributed by atoms with van der Waals surface area (Å²) in [5, 5.41) is 20.9. The second kappa shape index (κ2) is 7.75. The number of carbonyl (C=O) groups excluding carboxylic acids is 1. The van der Waals surface area contributed by atoms with Gasteiger partial charge in [-0.2, -0.15) is 0 Å². The zero-order valence-corrected chi connectivity index (χ0v) is 14.8. The number of carboxylic acids is 1. The van der Waals surface area contributed by atoms with Gasteiger partial charge in [0.2, 0.25) is 23.9 Å². The first kappa shape index (κ1) is 20.8. The van der Waals surface area contributed by atoms with Gasteiger partial charge in [0, 0.05) is 0 Å². The van der Waals surface area contributed by atoms with Crippen LogP contribution in [0.3, 0.4) is 0 Å². The Morgan fingerprint density at radius 2 is 1.96 bits per heavy atom. The minimum Gasteiger partial charge on any atom is -0.504 e. The summed E-state index contributed by atoms with van der Waals surface area (Å²) in [6.45, 7) is 2.64. The molecule has 0 spiro atoms. The molecule has 1 atom stereocenters. The molecular formula is C14H19BN2O7S. The summed E-state index contributed by atoms with van der Waals surface area (Å²) in [6, 6.07) is 2.86. The van der Waals surface area contributed by atoms with Gasteiger partial charge in [0.25, 0.3) is 0 Å². The van der Waals surface area contributed by atoms with E-state index in [0.29, 0.717) is 5.56 Å². The van der Waals surface area contributed by atoms with Crippen molar-refractivity contribution in [3.05, 3.63) is 23.8 Å². The average Bonchev–Trinajstić information content (AvgIpc) is 2.47. The van der Waals surface area contributed by atoms with E-state index in [1.54, 1.807) is 0 Å². The Balaban J connectivity index is 3.01. The molecule has 2 radical (unpaired) electrons. The molecule has 0 saturated heterocycles. The third-order valence-corrected chi connectivity index (χ3v) is 3.87. The Morgan fingerprint density at radius 3 is 2.40 bits per heavy atom. The number of phenols is 1. The van der Waals surface area contributed by atoms with Crippen LogP contribution in [-0.4, -0.2) is 56.4 Å². The number of nitrogens with one attached hydrogen (secondary N) is 2. The highest BCUT2D eigenvalue weighted by Crippen LogP contribution is 2.30. The van der Waals surface area contributed by atoms with Crippen molar-refractivity contribution in [1.82, 2.24) is 9.95 Å². The number of amides is 1. The van der Waals surface area contributed by atoms with Gasteiger partial charge < -0.3 is 20.2 Å². The van der Waals surface area contributed by atoms with E-state index in [2.05, 4.69) is 4.72 Å². The van der Waals surface area contributed by atoms with Gasteiger partial charge in [0.1, 0.15) is 6.04 Å². The second-order valence-electron chi connectivity index (χ2n) is 5.87. The average molecular weight is 370 g/mol. The van der Waals surface area contributed by atoms with Crippen molar-refractivity contribution in [2.75, 3.05) is 6.26 Å². The fourth-order valence-corrected chi connectivity index (χ4v) is 2.58. The molecule has 0 fully saturated rings. The number of hydrogen-bond acceptors (Lipinski definition) is 6. The van der Waals surface area contributed by atoms with Crippen LogP contribution in [0.2, 0.25) is 0 Å². The highest BCUT2D eigenvalue weighted by atomic mass is 32.2. The van der Waals surface area contributed by atoms with Gasteiger partial charge in [0.15, 0.2) is 17.1 Å². The van der Waals surface area contributed by atoms with Gasteiger partial charge >= 0.3 is 5.97 Å². The van der Waals surface area contributed by atoms with Crippen LogP contribution < -0.4 is 14.7 Å². The highest BCUT2D eigenvalue weighted by molar-refractivity contribution is 7.88. The number of sulfonamides is 1. The van der Waals surface area contributed by atoms with Crippen molar-refractivity contribution >= 4 is 29.9 Å². The lowest BCUT2D eigenvalue weighted by Gasteiger charge is -2.22. The molecule has 0 aliphatic carbocycles. The quantitative estimate of drug-likeness (QED) is 0.443. The van der Waals surface area contributed by atoms with Crippen LogP contribution >= 0.6 is 0 Å². The minimum atomic E-state index is -3.67. The zero-order chi connectivity index (χ0) is 19.4. The minimum absolute atomic E-state index is 0.0629. The maximum absolute atomic E-state index is 11.7. The number of ether oxygens (including phenoxy) is 1. The van der Waals surface area contributed by atoms with E-state index in [0.717, 1.165) is 6.26 Å². The second-order valence-corrected chi connectivity index (χ2v) is 7.65. The summed E-state index contributed by atoms with van der Waals surface area (Å²) in [7, 11) is 1.37. The van der Waals surface area contributed by atoms with Gasteiger partial charge in [-0.3, -0.25) is 4.79 Å². The molecule has 0 aromatic heterocycles. The fourth-order valence-electron chi connectivity index (χ4n) is 1.88. The maximum atomic E-state index is 11.7. The topological polar surface area (TPSA) is 142 Å². The molecule has 4 N–H and O–H groups in total. The number of phenolic OH excluding ortho intramolecular Hbond substituents is 1. The molecule has 1 rings (SSSR count). The molecule has 0 heterocycles. The van der Waals surface area contributed by atoms with Crippen molar-refractivity contribution in [2.45, 2.75) is 31.9 Å². The molecule has 136 valence electrons. The lowest BCUT2D eigenvalue weighted by molar-refractivity contribution is -0.152. The Bertz CT molecular complexity index is 764. The normalized spacial score (nSPS) is 13.1. The van der Waals surface area contributed by atoms with Crippen LogP contribution in [0.5, 0.6) is 11.5 Å². The van der Waals surface area contributed by atoms with E-state index in [4.69, 9.17) is 17.8 Å². The molecule has 0 aliphatic heterocycles. The Morgan fingerprint density at radius 1 is 1.36 bits per heavy atom. The van der Waals surface area contributed by atoms with Gasteiger partial charge in [-0.1, -0.05) is 6.07 Å². The summed E-state index contributed by atoms with van der Waals surface area (Å²) in [5.41, 5.74) is -1.15. The largest absolute Gasteiger partial charge is 0.504 e. The molecule has 1 aromatic rings. The third-order valence-electron chi connectivity index (χ3n) is 3.16. The molecule has 0 unspecified atom stereocenters. The first-order valence-corrected chi connectivity index (χ1v) is 8.97. The van der Waals surface area contributed by atoms with Crippen LogP contribution in [0.1, 0.15) is 19.4 Å². The standard InChI is InChI=1S/C14H19BN2O7S/c1-14(2,13(20)21)24-11-5-4-8(7-10(11)18)6-9(12(19)16-15)17-25(3,22)23/h4-5,7,9,17-18H,6H2,1-3H3,(H,16,19)(H,20,21)/t9-/m0/s1. The fraction of sp³-hybridized carbons (Fsp3) is 0.429. The Labute approximate surface area is 146 Å². The van der Waals surface area contributed by atoms with Crippen molar-refractivity contribution in [3.8, 4) is 11.5 Å². The Kier molecular flexibility index (Phi) is 6.44. The zero-order valence-electron chi connectivity index (χ0n) is 13.9. The van der Waals surface area contributed by atoms with Crippen LogP contribution in [0.15, 0.2) is 18.2 Å². The number of rotatable bonds is 8. The molecule has 9 nitrogen and oxygen atoms in total. The Hall–Kier alpha value is -2.27. The van der Waals surface area contributed by atoms with E-state index in [1.165, 1.54) is 32.0 Å². The first-order chi connectivity index (χ1) is 11.4. The molecule has 1 aromatic carbocycles. The van der Waals surface area contributed by atoms with Gasteiger partial charge in [-0.05, 0) is 38.0 Å². The molecule has 1 amide bonds. The summed E-state index contributed by atoms with van der Waals surface area (Å²) in [4.78, 5) is 22.8. The van der Waals surface area contributed by atoms with Gasteiger partial charge in [0.05, 0.1) is 6.26 Å².